The maximum atomic E-state index is 12.2. The highest BCUT2D eigenvalue weighted by molar-refractivity contribution is 9.10. The Morgan fingerprint density at radius 3 is 2.52 bits per heavy atom. The summed E-state index contributed by atoms with van der Waals surface area (Å²) in [7, 11) is -3.58. The van der Waals surface area contributed by atoms with Gasteiger partial charge in [-0.25, -0.2) is 0 Å². The van der Waals surface area contributed by atoms with Gasteiger partial charge in [0.15, 0.2) is 0 Å². The molecule has 21 heavy (non-hydrogen) atoms. The molecular formula is C13H17BrN2O4S. The molecule has 0 saturated carbocycles. The Kier molecular flexibility index (Phi) is 5.37. The van der Waals surface area contributed by atoms with Gasteiger partial charge in [0.05, 0.1) is 5.92 Å². The van der Waals surface area contributed by atoms with Crippen LogP contribution in [0.3, 0.4) is 0 Å². The van der Waals surface area contributed by atoms with Crippen LogP contribution in [0.25, 0.3) is 0 Å². The summed E-state index contributed by atoms with van der Waals surface area (Å²) >= 11 is 3.37. The molecule has 1 fully saturated rings. The van der Waals surface area contributed by atoms with Crippen molar-refractivity contribution in [2.45, 2.75) is 19.4 Å². The van der Waals surface area contributed by atoms with Gasteiger partial charge in [-0.05, 0) is 24.5 Å². The van der Waals surface area contributed by atoms with Crippen LogP contribution in [0, 0.1) is 5.92 Å². The molecule has 0 aliphatic carbocycles. The van der Waals surface area contributed by atoms with Crippen LogP contribution in [0.15, 0.2) is 28.7 Å². The van der Waals surface area contributed by atoms with E-state index in [9.17, 15) is 13.2 Å². The second-order valence-corrected chi connectivity index (χ2v) is 7.54. The summed E-state index contributed by atoms with van der Waals surface area (Å²) in [4.78, 5) is 10.9. The largest absolute Gasteiger partial charge is 0.481 e. The van der Waals surface area contributed by atoms with Crippen molar-refractivity contribution in [2.75, 3.05) is 13.1 Å². The lowest BCUT2D eigenvalue weighted by Crippen LogP contribution is -2.45. The van der Waals surface area contributed by atoms with Crippen LogP contribution in [-0.4, -0.2) is 36.9 Å². The average Bonchev–Trinajstić information content (AvgIpc) is 2.46. The van der Waals surface area contributed by atoms with Gasteiger partial charge in [-0.15, -0.1) is 0 Å². The van der Waals surface area contributed by atoms with E-state index >= 15 is 0 Å². The minimum absolute atomic E-state index is 0.197. The smallest absolute Gasteiger partial charge is 0.306 e. The van der Waals surface area contributed by atoms with Crippen LogP contribution in [0.4, 0.5) is 0 Å². The second-order valence-electron chi connectivity index (χ2n) is 4.93. The Bertz CT molecular complexity index is 612. The summed E-state index contributed by atoms with van der Waals surface area (Å²) in [5.74, 6) is -1.30. The highest BCUT2D eigenvalue weighted by Gasteiger charge is 2.30. The van der Waals surface area contributed by atoms with Crippen LogP contribution in [0.5, 0.6) is 0 Å². The number of nitrogens with zero attached hydrogens (tertiary/aromatic N) is 1. The maximum absolute atomic E-state index is 12.2. The summed E-state index contributed by atoms with van der Waals surface area (Å²) in [6.45, 7) is 0.674. The van der Waals surface area contributed by atoms with Crippen LogP contribution in [0.1, 0.15) is 18.4 Å². The van der Waals surface area contributed by atoms with Gasteiger partial charge in [-0.1, -0.05) is 34.1 Å². The first kappa shape index (κ1) is 16.4. The standard InChI is InChI=1S/C13H17BrN2O4S/c14-12-4-2-1-3-11(12)9-15-21(19,20)16-7-5-10(6-8-16)13(17)18/h1-4,10,15H,5-9H2,(H,17,18). The van der Waals surface area contributed by atoms with Gasteiger partial charge in [0.25, 0.3) is 10.2 Å². The Balaban J connectivity index is 1.94. The fourth-order valence-corrected chi connectivity index (χ4v) is 3.88. The molecule has 0 amide bonds. The molecular weight excluding hydrogens is 360 g/mol. The van der Waals surface area contributed by atoms with Crippen molar-refractivity contribution >= 4 is 32.1 Å². The van der Waals surface area contributed by atoms with Crippen molar-refractivity contribution in [3.63, 3.8) is 0 Å². The monoisotopic (exact) mass is 376 g/mol. The molecule has 0 bridgehead atoms. The van der Waals surface area contributed by atoms with E-state index < -0.39 is 22.1 Å². The van der Waals surface area contributed by atoms with Crippen LogP contribution in [-0.2, 0) is 21.5 Å². The number of piperidine rings is 1. The molecule has 1 aromatic rings. The number of carboxylic acid groups (broad SMARTS) is 1. The van der Waals surface area contributed by atoms with Gasteiger partial charge in [0, 0.05) is 24.1 Å². The molecule has 1 heterocycles. The number of carbonyl (C=O) groups is 1. The molecule has 1 saturated heterocycles. The molecule has 0 atom stereocenters. The molecule has 0 radical (unpaired) electrons. The zero-order valence-corrected chi connectivity index (χ0v) is 13.7. The van der Waals surface area contributed by atoms with E-state index in [1.807, 2.05) is 24.3 Å². The van der Waals surface area contributed by atoms with Gasteiger partial charge in [-0.3, -0.25) is 4.79 Å². The molecule has 2 N–H and O–H groups in total. The molecule has 1 aliphatic rings. The quantitative estimate of drug-likeness (QED) is 0.816. The number of benzene rings is 1. The first-order valence-electron chi connectivity index (χ1n) is 6.61. The third kappa shape index (κ3) is 4.26. The van der Waals surface area contributed by atoms with Crippen molar-refractivity contribution in [3.05, 3.63) is 34.3 Å². The third-order valence-corrected chi connectivity index (χ3v) is 5.87. The molecule has 8 heteroatoms. The third-order valence-electron chi connectivity index (χ3n) is 3.55. The molecule has 1 aromatic carbocycles. The first-order chi connectivity index (χ1) is 9.90. The predicted molar refractivity (Wildman–Crippen MR) is 81.8 cm³/mol. The lowest BCUT2D eigenvalue weighted by Gasteiger charge is -2.29. The maximum Gasteiger partial charge on any atom is 0.306 e. The molecule has 6 nitrogen and oxygen atoms in total. The average molecular weight is 377 g/mol. The lowest BCUT2D eigenvalue weighted by molar-refractivity contribution is -0.142. The highest BCUT2D eigenvalue weighted by Crippen LogP contribution is 2.20. The van der Waals surface area contributed by atoms with E-state index in [-0.39, 0.29) is 19.6 Å². The Morgan fingerprint density at radius 1 is 1.33 bits per heavy atom. The van der Waals surface area contributed by atoms with Crippen molar-refractivity contribution in [1.82, 2.24) is 9.03 Å². The summed E-state index contributed by atoms with van der Waals surface area (Å²) < 4.78 is 29.1. The van der Waals surface area contributed by atoms with Crippen molar-refractivity contribution < 1.29 is 18.3 Å². The van der Waals surface area contributed by atoms with Gasteiger partial charge in [0.1, 0.15) is 0 Å². The Hall–Kier alpha value is -0.960. The number of nitrogens with one attached hydrogen (secondary N) is 1. The summed E-state index contributed by atoms with van der Waals surface area (Å²) in [6.07, 6.45) is 0.705. The van der Waals surface area contributed by atoms with Crippen molar-refractivity contribution in [3.8, 4) is 0 Å². The minimum atomic E-state index is -3.58. The van der Waals surface area contributed by atoms with Gasteiger partial charge in [0.2, 0.25) is 0 Å². The molecule has 0 spiro atoms. The fourth-order valence-electron chi connectivity index (χ4n) is 2.25. The topological polar surface area (TPSA) is 86.7 Å². The molecule has 0 aromatic heterocycles. The van der Waals surface area contributed by atoms with Gasteiger partial charge >= 0.3 is 5.97 Å². The predicted octanol–water partition coefficient (Wildman–Crippen LogP) is 1.58. The lowest BCUT2D eigenvalue weighted by atomic mass is 9.99. The molecule has 2 rings (SSSR count). The zero-order chi connectivity index (χ0) is 15.5. The van der Waals surface area contributed by atoms with E-state index in [0.717, 1.165) is 10.0 Å². The zero-order valence-electron chi connectivity index (χ0n) is 11.3. The van der Waals surface area contributed by atoms with E-state index in [4.69, 9.17) is 5.11 Å². The summed E-state index contributed by atoms with van der Waals surface area (Å²) in [6, 6.07) is 7.39. The molecule has 0 unspecified atom stereocenters. The fraction of sp³-hybridized carbons (Fsp3) is 0.462. The summed E-state index contributed by atoms with van der Waals surface area (Å²) in [5, 5.41) is 8.92. The van der Waals surface area contributed by atoms with Gasteiger partial charge < -0.3 is 5.11 Å². The summed E-state index contributed by atoms with van der Waals surface area (Å²) in [5.41, 5.74) is 0.849. The first-order valence-corrected chi connectivity index (χ1v) is 8.84. The molecule has 116 valence electrons. The van der Waals surface area contributed by atoms with E-state index in [1.54, 1.807) is 0 Å². The highest BCUT2D eigenvalue weighted by atomic mass is 79.9. The van der Waals surface area contributed by atoms with Crippen LogP contribution in [0.2, 0.25) is 0 Å². The molecule has 1 aliphatic heterocycles. The number of carboxylic acids is 1. The second kappa shape index (κ2) is 6.87. The SMILES string of the molecule is O=C(O)C1CCN(S(=O)(=O)NCc2ccccc2Br)CC1. The van der Waals surface area contributed by atoms with E-state index in [2.05, 4.69) is 20.7 Å². The number of aliphatic carboxylic acids is 1. The van der Waals surface area contributed by atoms with Crippen LogP contribution < -0.4 is 4.72 Å². The van der Waals surface area contributed by atoms with Crippen molar-refractivity contribution in [2.24, 2.45) is 5.92 Å². The number of hydrogen-bond acceptors (Lipinski definition) is 3. The number of rotatable bonds is 5. The normalized spacial score (nSPS) is 17.8. The van der Waals surface area contributed by atoms with E-state index in [1.165, 1.54) is 4.31 Å². The number of hydrogen-bond donors (Lipinski definition) is 2. The van der Waals surface area contributed by atoms with Gasteiger partial charge in [-0.2, -0.15) is 17.4 Å². The Morgan fingerprint density at radius 2 is 1.95 bits per heavy atom. The Labute approximate surface area is 132 Å². The van der Waals surface area contributed by atoms with Crippen LogP contribution >= 0.6 is 15.9 Å². The van der Waals surface area contributed by atoms with Crippen molar-refractivity contribution in [1.29, 1.82) is 0 Å². The van der Waals surface area contributed by atoms with E-state index in [0.29, 0.717) is 12.8 Å². The minimum Gasteiger partial charge on any atom is -0.481 e. The number of halogens is 1.